The summed E-state index contributed by atoms with van der Waals surface area (Å²) in [5.41, 5.74) is 4.17. The van der Waals surface area contributed by atoms with Gasteiger partial charge in [0.2, 0.25) is 6.29 Å². The molecule has 3 N–H and O–H groups in total. The van der Waals surface area contributed by atoms with Gasteiger partial charge in [-0.3, -0.25) is 0 Å². The smallest absolute Gasteiger partial charge is 0.229 e. The summed E-state index contributed by atoms with van der Waals surface area (Å²) in [5.74, 6) is 0.516. The van der Waals surface area contributed by atoms with Crippen LogP contribution in [-0.4, -0.2) is 72.6 Å². The van der Waals surface area contributed by atoms with Gasteiger partial charge in [-0.05, 0) is 41.2 Å². The van der Waals surface area contributed by atoms with E-state index in [9.17, 15) is 15.3 Å². The van der Waals surface area contributed by atoms with Crippen molar-refractivity contribution in [2.45, 2.75) is 76.2 Å². The van der Waals surface area contributed by atoms with Gasteiger partial charge in [-0.2, -0.15) is 0 Å². The van der Waals surface area contributed by atoms with Gasteiger partial charge in [0.05, 0.1) is 13.2 Å². The van der Waals surface area contributed by atoms with Crippen molar-refractivity contribution in [1.82, 2.24) is 0 Å². The van der Waals surface area contributed by atoms with Crippen molar-refractivity contribution >= 4 is 0 Å². The average molecular weight is 489 g/mol. The van der Waals surface area contributed by atoms with Gasteiger partial charge >= 0.3 is 0 Å². The van der Waals surface area contributed by atoms with Gasteiger partial charge in [-0.25, -0.2) is 0 Å². The van der Waals surface area contributed by atoms with E-state index in [1.165, 1.54) is 12.7 Å². The molecular formula is C27H36O8. The fourth-order valence-corrected chi connectivity index (χ4v) is 4.49. The molecule has 0 amide bonds. The molecule has 2 aromatic rings. The fraction of sp³-hybridized carbons (Fsp3) is 0.556. The van der Waals surface area contributed by atoms with Crippen LogP contribution in [0.1, 0.15) is 42.0 Å². The van der Waals surface area contributed by atoms with Crippen molar-refractivity contribution in [2.24, 2.45) is 0 Å². The van der Waals surface area contributed by atoms with Gasteiger partial charge in [-0.1, -0.05) is 43.3 Å². The van der Waals surface area contributed by atoms with Gasteiger partial charge in [0, 0.05) is 26.6 Å². The minimum absolute atomic E-state index is 0.203. The first-order chi connectivity index (χ1) is 17.0. The summed E-state index contributed by atoms with van der Waals surface area (Å²) in [6.45, 7) is 2.81. The normalized spacial score (nSPS) is 28.8. The molecule has 0 aliphatic carbocycles. The highest BCUT2D eigenvalue weighted by Gasteiger charge is 2.46. The maximum atomic E-state index is 10.7. The molecule has 192 valence electrons. The predicted octanol–water partition coefficient (Wildman–Crippen LogP) is 2.33. The lowest BCUT2D eigenvalue weighted by molar-refractivity contribution is -0.282. The SMILES string of the molecule is CCc1ccc(Cc2ccc(COC3CCCO3)cc2O[C@H]2O[C@H](CO)[C@@H](OC)[C@H](O)[C@H]2O)cc1. The molecule has 0 saturated carbocycles. The van der Waals surface area contributed by atoms with Crippen LogP contribution < -0.4 is 4.74 Å². The number of ether oxygens (including phenoxy) is 5. The molecule has 2 fully saturated rings. The largest absolute Gasteiger partial charge is 0.462 e. The lowest BCUT2D eigenvalue weighted by atomic mass is 9.98. The number of benzene rings is 2. The monoisotopic (exact) mass is 488 g/mol. The Labute approximate surface area is 206 Å². The summed E-state index contributed by atoms with van der Waals surface area (Å²) in [6, 6.07) is 14.2. The first-order valence-corrected chi connectivity index (χ1v) is 12.3. The first kappa shape index (κ1) is 26.0. The third-order valence-corrected chi connectivity index (χ3v) is 6.62. The van der Waals surface area contributed by atoms with E-state index in [2.05, 4.69) is 31.2 Å². The minimum atomic E-state index is -1.36. The number of methoxy groups -OCH3 is 1. The Kier molecular flexibility index (Phi) is 9.13. The van der Waals surface area contributed by atoms with Crippen LogP contribution in [0.3, 0.4) is 0 Å². The number of aliphatic hydroxyl groups is 3. The summed E-state index contributed by atoms with van der Waals surface area (Å²) in [6.07, 6.45) is -2.25. The van der Waals surface area contributed by atoms with E-state index < -0.39 is 30.7 Å². The zero-order valence-corrected chi connectivity index (χ0v) is 20.3. The zero-order chi connectivity index (χ0) is 24.8. The third-order valence-electron chi connectivity index (χ3n) is 6.62. The van der Waals surface area contributed by atoms with Crippen LogP contribution >= 0.6 is 0 Å². The molecule has 35 heavy (non-hydrogen) atoms. The molecule has 8 nitrogen and oxygen atoms in total. The quantitative estimate of drug-likeness (QED) is 0.468. The van der Waals surface area contributed by atoms with Gasteiger partial charge in [-0.15, -0.1) is 0 Å². The second-order valence-corrected chi connectivity index (χ2v) is 9.07. The zero-order valence-electron chi connectivity index (χ0n) is 20.3. The van der Waals surface area contributed by atoms with E-state index in [0.29, 0.717) is 25.4 Å². The van der Waals surface area contributed by atoms with Crippen molar-refractivity contribution in [2.75, 3.05) is 20.3 Å². The van der Waals surface area contributed by atoms with Gasteiger partial charge in [0.25, 0.3) is 0 Å². The van der Waals surface area contributed by atoms with Gasteiger partial charge < -0.3 is 39.0 Å². The Hall–Kier alpha value is -2.04. The first-order valence-electron chi connectivity index (χ1n) is 12.3. The number of hydrogen-bond donors (Lipinski definition) is 3. The second kappa shape index (κ2) is 12.3. The maximum absolute atomic E-state index is 10.7. The van der Waals surface area contributed by atoms with E-state index in [1.807, 2.05) is 18.2 Å². The molecule has 0 spiro atoms. The molecule has 2 saturated heterocycles. The summed E-state index contributed by atoms with van der Waals surface area (Å²) < 4.78 is 28.6. The Balaban J connectivity index is 1.56. The van der Waals surface area contributed by atoms with E-state index in [1.54, 1.807) is 0 Å². The minimum Gasteiger partial charge on any atom is -0.462 e. The van der Waals surface area contributed by atoms with Crippen LogP contribution in [0, 0.1) is 0 Å². The van der Waals surface area contributed by atoms with Crippen LogP contribution in [0.25, 0.3) is 0 Å². The molecule has 0 aromatic heterocycles. The van der Waals surface area contributed by atoms with Crippen LogP contribution in [-0.2, 0) is 38.4 Å². The lowest BCUT2D eigenvalue weighted by Gasteiger charge is -2.41. The van der Waals surface area contributed by atoms with Crippen molar-refractivity contribution in [3.63, 3.8) is 0 Å². The van der Waals surface area contributed by atoms with Crippen LogP contribution in [0.15, 0.2) is 42.5 Å². The molecule has 4 rings (SSSR count). The molecular weight excluding hydrogens is 452 g/mol. The molecule has 1 unspecified atom stereocenters. The molecule has 2 heterocycles. The molecule has 8 heteroatoms. The summed E-state index contributed by atoms with van der Waals surface area (Å²) in [5, 5.41) is 30.9. The number of aliphatic hydroxyl groups excluding tert-OH is 3. The maximum Gasteiger partial charge on any atom is 0.229 e. The summed E-state index contributed by atoms with van der Waals surface area (Å²) in [4.78, 5) is 0. The molecule has 0 bridgehead atoms. The Morgan fingerprint density at radius 1 is 1.00 bits per heavy atom. The van der Waals surface area contributed by atoms with Gasteiger partial charge in [0.1, 0.15) is 30.2 Å². The molecule has 0 radical (unpaired) electrons. The average Bonchev–Trinajstić information content (AvgIpc) is 3.41. The lowest BCUT2D eigenvalue weighted by Crippen LogP contribution is -2.60. The Bertz CT molecular complexity index is 925. The van der Waals surface area contributed by atoms with E-state index in [4.69, 9.17) is 23.7 Å². The molecule has 2 aliphatic heterocycles. The van der Waals surface area contributed by atoms with Crippen molar-refractivity contribution in [3.05, 3.63) is 64.7 Å². The highest BCUT2D eigenvalue weighted by atomic mass is 16.7. The van der Waals surface area contributed by atoms with E-state index in [0.717, 1.165) is 36.0 Å². The van der Waals surface area contributed by atoms with Crippen molar-refractivity contribution < 1.29 is 39.0 Å². The number of aryl methyl sites for hydroxylation is 1. The van der Waals surface area contributed by atoms with Crippen molar-refractivity contribution in [3.8, 4) is 5.75 Å². The predicted molar refractivity (Wildman–Crippen MR) is 128 cm³/mol. The van der Waals surface area contributed by atoms with Crippen molar-refractivity contribution in [1.29, 1.82) is 0 Å². The fourth-order valence-electron chi connectivity index (χ4n) is 4.49. The standard InChI is InChI=1S/C27H36O8/c1-3-17-6-8-18(9-7-17)13-20-11-10-19(16-33-23-5-4-12-32-23)14-21(20)34-27-25(30)24(29)26(31-2)22(15-28)35-27/h6-11,14,22-30H,3-5,12-13,15-16H2,1-2H3/t22-,23?,24-,25-,26-,27+/m1/s1. The molecule has 2 aromatic carbocycles. The molecule has 6 atom stereocenters. The molecule has 2 aliphatic rings. The highest BCUT2D eigenvalue weighted by Crippen LogP contribution is 2.30. The van der Waals surface area contributed by atoms with Crippen LogP contribution in [0.5, 0.6) is 5.75 Å². The highest BCUT2D eigenvalue weighted by molar-refractivity contribution is 5.41. The Morgan fingerprint density at radius 2 is 1.74 bits per heavy atom. The van der Waals surface area contributed by atoms with Gasteiger partial charge in [0.15, 0.2) is 6.29 Å². The van der Waals surface area contributed by atoms with Crippen LogP contribution in [0.4, 0.5) is 0 Å². The van der Waals surface area contributed by atoms with E-state index >= 15 is 0 Å². The number of rotatable bonds is 10. The summed E-state index contributed by atoms with van der Waals surface area (Å²) >= 11 is 0. The second-order valence-electron chi connectivity index (χ2n) is 9.07. The topological polar surface area (TPSA) is 107 Å². The summed E-state index contributed by atoms with van der Waals surface area (Å²) in [7, 11) is 1.40. The van der Waals surface area contributed by atoms with E-state index in [-0.39, 0.29) is 12.9 Å². The van der Waals surface area contributed by atoms with Crippen LogP contribution in [0.2, 0.25) is 0 Å². The number of hydrogen-bond acceptors (Lipinski definition) is 8. The third kappa shape index (κ3) is 6.40. The Morgan fingerprint density at radius 3 is 2.40 bits per heavy atom.